The lowest BCUT2D eigenvalue weighted by atomic mass is 10.2. The molecule has 0 aliphatic carbocycles. The van der Waals surface area contributed by atoms with Gasteiger partial charge in [0.05, 0.1) is 32.8 Å². The molecule has 13 heteroatoms. The van der Waals surface area contributed by atoms with E-state index in [2.05, 4.69) is 58.3 Å². The second-order valence-electron chi connectivity index (χ2n) is 6.88. The second kappa shape index (κ2) is 12.6. The Morgan fingerprint density at radius 3 is 2.31 bits per heavy atom. The third kappa shape index (κ3) is 7.35. The maximum Gasteiger partial charge on any atom is 0.343 e. The molecule has 3 aromatic rings. The smallest absolute Gasteiger partial charge is 0.343 e. The van der Waals surface area contributed by atoms with Gasteiger partial charge in [0.25, 0.3) is 11.6 Å². The van der Waals surface area contributed by atoms with Crippen molar-refractivity contribution in [2.24, 2.45) is 5.10 Å². The van der Waals surface area contributed by atoms with Gasteiger partial charge in [0.2, 0.25) is 0 Å². The molecule has 0 saturated heterocycles. The maximum absolute atomic E-state index is 12.4. The molecule has 10 nitrogen and oxygen atoms in total. The fourth-order valence-corrected chi connectivity index (χ4v) is 5.23. The zero-order chi connectivity index (χ0) is 26.2. The lowest BCUT2D eigenvalue weighted by Gasteiger charge is -2.10. The molecule has 0 bridgehead atoms. The van der Waals surface area contributed by atoms with Crippen molar-refractivity contribution in [3.8, 4) is 17.2 Å². The van der Waals surface area contributed by atoms with Gasteiger partial charge in [-0.2, -0.15) is 5.10 Å². The van der Waals surface area contributed by atoms with E-state index in [-0.39, 0.29) is 29.4 Å². The van der Waals surface area contributed by atoms with Gasteiger partial charge in [-0.05, 0) is 79.9 Å². The van der Waals surface area contributed by atoms with Gasteiger partial charge in [0, 0.05) is 16.6 Å². The first-order chi connectivity index (χ1) is 17.2. The molecular formula is C23H16Br3N3O7. The highest BCUT2D eigenvalue weighted by atomic mass is 79.9. The van der Waals surface area contributed by atoms with Crippen LogP contribution in [0.3, 0.4) is 0 Å². The number of nitro groups is 1. The molecule has 0 aliphatic heterocycles. The lowest BCUT2D eigenvalue weighted by Crippen LogP contribution is -2.24. The van der Waals surface area contributed by atoms with Crippen LogP contribution in [0, 0.1) is 10.1 Å². The lowest BCUT2D eigenvalue weighted by molar-refractivity contribution is -0.384. The van der Waals surface area contributed by atoms with Crippen LogP contribution in [0.2, 0.25) is 0 Å². The minimum Gasteiger partial charge on any atom is -0.493 e. The largest absolute Gasteiger partial charge is 0.493 e. The van der Waals surface area contributed by atoms with Gasteiger partial charge in [0.1, 0.15) is 5.75 Å². The van der Waals surface area contributed by atoms with Gasteiger partial charge in [-0.3, -0.25) is 14.9 Å². The van der Waals surface area contributed by atoms with Crippen LogP contribution in [0.5, 0.6) is 17.2 Å². The number of carbonyl (C=O) groups excluding carboxylic acids is 2. The van der Waals surface area contributed by atoms with Crippen LogP contribution in [-0.4, -0.2) is 36.7 Å². The second-order valence-corrected chi connectivity index (χ2v) is 9.51. The third-order valence-corrected chi connectivity index (χ3v) is 6.05. The number of nitrogens with zero attached hydrogens (tertiary/aromatic N) is 2. The Morgan fingerprint density at radius 1 is 1.03 bits per heavy atom. The van der Waals surface area contributed by atoms with E-state index in [0.717, 1.165) is 4.47 Å². The SMILES string of the molecule is COc1cc(/C=N\NC(=O)COc2c(Br)cc(Br)cc2Br)ccc1OC(=O)c1ccc([N+](=O)[O-])cc1. The summed E-state index contributed by atoms with van der Waals surface area (Å²) in [5.41, 5.74) is 2.92. The first kappa shape index (κ1) is 27.3. The number of rotatable bonds is 9. The Morgan fingerprint density at radius 2 is 1.69 bits per heavy atom. The van der Waals surface area contributed by atoms with Crippen LogP contribution in [0.4, 0.5) is 5.69 Å². The Labute approximate surface area is 230 Å². The van der Waals surface area contributed by atoms with Crippen molar-refractivity contribution in [3.63, 3.8) is 0 Å². The van der Waals surface area contributed by atoms with Gasteiger partial charge in [-0.25, -0.2) is 10.2 Å². The molecule has 0 atom stereocenters. The van der Waals surface area contributed by atoms with Crippen LogP contribution in [0.1, 0.15) is 15.9 Å². The molecule has 0 unspecified atom stereocenters. The topological polar surface area (TPSA) is 129 Å². The molecule has 3 rings (SSSR count). The van der Waals surface area contributed by atoms with Gasteiger partial charge in [-0.15, -0.1) is 0 Å². The Kier molecular flexibility index (Phi) is 9.56. The normalized spacial score (nSPS) is 10.7. The summed E-state index contributed by atoms with van der Waals surface area (Å²) in [7, 11) is 1.40. The van der Waals surface area contributed by atoms with E-state index in [1.165, 1.54) is 43.7 Å². The molecule has 0 radical (unpaired) electrons. The number of non-ortho nitro benzene ring substituents is 1. The Balaban J connectivity index is 1.58. The van der Waals surface area contributed by atoms with Crippen molar-refractivity contribution >= 4 is 71.6 Å². The summed E-state index contributed by atoms with van der Waals surface area (Å²) >= 11 is 10.1. The number of nitrogens with one attached hydrogen (secondary N) is 1. The predicted octanol–water partition coefficient (Wildman–Crippen LogP) is 5.64. The van der Waals surface area contributed by atoms with E-state index in [1.54, 1.807) is 24.3 Å². The summed E-state index contributed by atoms with van der Waals surface area (Å²) in [5.74, 6) is -0.328. The zero-order valence-corrected chi connectivity index (χ0v) is 23.1. The number of hydrogen-bond acceptors (Lipinski definition) is 8. The van der Waals surface area contributed by atoms with E-state index in [1.807, 2.05) is 0 Å². The standard InChI is InChI=1S/C23H16Br3N3O7/c1-34-20-8-13(2-7-19(20)36-23(31)14-3-5-16(6-4-14)29(32)33)11-27-28-21(30)12-35-22-17(25)9-15(24)10-18(22)26/h2-11H,12H2,1H3,(H,28,30)/b27-11-. The van der Waals surface area contributed by atoms with Crippen molar-refractivity contribution in [2.75, 3.05) is 13.7 Å². The summed E-state index contributed by atoms with van der Waals surface area (Å²) in [4.78, 5) is 34.6. The number of carbonyl (C=O) groups is 2. The number of hydrazone groups is 1. The van der Waals surface area contributed by atoms with E-state index in [0.29, 0.717) is 20.3 Å². The first-order valence-corrected chi connectivity index (χ1v) is 12.3. The first-order valence-electron chi connectivity index (χ1n) is 9.92. The third-order valence-electron chi connectivity index (χ3n) is 4.42. The predicted molar refractivity (Wildman–Crippen MR) is 142 cm³/mol. The number of benzene rings is 3. The molecular weight excluding hydrogens is 670 g/mol. The van der Waals surface area contributed by atoms with Gasteiger partial charge >= 0.3 is 5.97 Å². The average molecular weight is 686 g/mol. The highest BCUT2D eigenvalue weighted by Gasteiger charge is 2.15. The van der Waals surface area contributed by atoms with Crippen LogP contribution in [-0.2, 0) is 4.79 Å². The van der Waals surface area contributed by atoms with Crippen LogP contribution in [0.25, 0.3) is 0 Å². The summed E-state index contributed by atoms with van der Waals surface area (Å²) < 4.78 is 18.3. The summed E-state index contributed by atoms with van der Waals surface area (Å²) in [6, 6.07) is 13.3. The van der Waals surface area contributed by atoms with Crippen LogP contribution >= 0.6 is 47.8 Å². The fourth-order valence-electron chi connectivity index (χ4n) is 2.74. The van der Waals surface area contributed by atoms with E-state index >= 15 is 0 Å². The Bertz CT molecular complexity index is 1310. The minimum atomic E-state index is -0.707. The molecule has 0 fully saturated rings. The maximum atomic E-state index is 12.4. The van der Waals surface area contributed by atoms with E-state index in [4.69, 9.17) is 14.2 Å². The number of amides is 1. The van der Waals surface area contributed by atoms with Crippen molar-refractivity contribution < 1.29 is 28.7 Å². The minimum absolute atomic E-state index is 0.138. The highest BCUT2D eigenvalue weighted by molar-refractivity contribution is 9.11. The molecule has 1 N–H and O–H groups in total. The number of esters is 1. The van der Waals surface area contributed by atoms with Gasteiger partial charge < -0.3 is 14.2 Å². The summed E-state index contributed by atoms with van der Waals surface area (Å²) in [5, 5.41) is 14.6. The fraction of sp³-hybridized carbons (Fsp3) is 0.0870. The average Bonchev–Trinajstić information content (AvgIpc) is 2.84. The highest BCUT2D eigenvalue weighted by Crippen LogP contribution is 2.36. The molecule has 186 valence electrons. The number of nitro benzene ring substituents is 1. The van der Waals surface area contributed by atoms with Crippen LogP contribution in [0.15, 0.2) is 73.1 Å². The van der Waals surface area contributed by atoms with Crippen molar-refractivity contribution in [1.29, 1.82) is 0 Å². The van der Waals surface area contributed by atoms with Gasteiger partial charge in [-0.1, -0.05) is 15.9 Å². The molecule has 0 aliphatic rings. The van der Waals surface area contributed by atoms with Crippen LogP contribution < -0.4 is 19.6 Å². The molecule has 36 heavy (non-hydrogen) atoms. The molecule has 1 amide bonds. The van der Waals surface area contributed by atoms with E-state index < -0.39 is 16.8 Å². The molecule has 0 spiro atoms. The number of methoxy groups -OCH3 is 1. The molecule has 0 aromatic heterocycles. The van der Waals surface area contributed by atoms with Crippen molar-refractivity contribution in [1.82, 2.24) is 5.43 Å². The van der Waals surface area contributed by atoms with E-state index in [9.17, 15) is 19.7 Å². The number of hydrogen-bond donors (Lipinski definition) is 1. The molecule has 3 aromatic carbocycles. The molecule has 0 saturated carbocycles. The van der Waals surface area contributed by atoms with Gasteiger partial charge in [0.15, 0.2) is 18.1 Å². The number of halogens is 3. The summed E-state index contributed by atoms with van der Waals surface area (Å²) in [6.07, 6.45) is 1.38. The van der Waals surface area contributed by atoms with Crippen molar-refractivity contribution in [2.45, 2.75) is 0 Å². The monoisotopic (exact) mass is 683 g/mol. The molecule has 0 heterocycles. The Hall–Kier alpha value is -3.29. The summed E-state index contributed by atoms with van der Waals surface area (Å²) in [6.45, 7) is -0.267. The quantitative estimate of drug-likeness (QED) is 0.102. The zero-order valence-electron chi connectivity index (χ0n) is 18.4. The number of ether oxygens (including phenoxy) is 3. The van der Waals surface area contributed by atoms with Crippen molar-refractivity contribution in [3.05, 3.63) is 89.3 Å².